The molecule has 0 aliphatic carbocycles. The number of carbonyl (C=O) groups excluding carboxylic acids is 1. The second-order valence-electron chi connectivity index (χ2n) is 5.26. The van der Waals surface area contributed by atoms with Crippen LogP contribution in [0.2, 0.25) is 0 Å². The number of pyridine rings is 1. The molecule has 1 rings (SSSR count). The lowest BCUT2D eigenvalue weighted by Gasteiger charge is -2.25. The van der Waals surface area contributed by atoms with Crippen LogP contribution in [0.4, 0.5) is 17.6 Å². The summed E-state index contributed by atoms with van der Waals surface area (Å²) in [6.45, 7) is -0.645. The van der Waals surface area contributed by atoms with E-state index in [0.29, 0.717) is 0 Å². The average molecular weight is 368 g/mol. The molecule has 1 aromatic heterocycles. The highest BCUT2D eigenvalue weighted by Crippen LogP contribution is 2.23. The molecule has 1 aromatic rings. The third kappa shape index (κ3) is 5.55. The van der Waals surface area contributed by atoms with Gasteiger partial charge in [0.2, 0.25) is 5.88 Å². The van der Waals surface area contributed by atoms with E-state index in [1.807, 2.05) is 0 Å². The highest BCUT2D eigenvalue weighted by molar-refractivity contribution is 5.97. The maximum absolute atomic E-state index is 12.7. The van der Waals surface area contributed by atoms with Crippen LogP contribution >= 0.6 is 0 Å². The molecule has 0 radical (unpaired) electrons. The predicted octanol–water partition coefficient (Wildman–Crippen LogP) is 1.58. The Balaban J connectivity index is 2.75. The second kappa shape index (κ2) is 8.10. The molecule has 0 saturated carbocycles. The highest BCUT2D eigenvalue weighted by Gasteiger charge is 2.42. The second-order valence-corrected chi connectivity index (χ2v) is 5.26. The van der Waals surface area contributed by atoms with Gasteiger partial charge in [0.05, 0.1) is 12.2 Å². The van der Waals surface area contributed by atoms with Gasteiger partial charge < -0.3 is 19.9 Å². The van der Waals surface area contributed by atoms with Crippen molar-refractivity contribution in [3.8, 4) is 5.88 Å². The molecule has 0 saturated heterocycles. The number of carbonyl (C=O) groups is 2. The molecule has 1 unspecified atom stereocenters. The largest absolute Gasteiger partial charge is 0.479 e. The van der Waals surface area contributed by atoms with Crippen molar-refractivity contribution in [2.24, 2.45) is 0 Å². The van der Waals surface area contributed by atoms with E-state index in [1.165, 1.54) is 14.0 Å². The van der Waals surface area contributed by atoms with Gasteiger partial charge in [-0.2, -0.15) is 8.78 Å². The number of carboxylic acids is 1. The van der Waals surface area contributed by atoms with Crippen LogP contribution in [-0.4, -0.2) is 60.2 Å². The van der Waals surface area contributed by atoms with Crippen LogP contribution in [0, 0.1) is 0 Å². The maximum Gasteiger partial charge on any atom is 0.340 e. The van der Waals surface area contributed by atoms with Crippen molar-refractivity contribution >= 4 is 11.9 Å². The summed E-state index contributed by atoms with van der Waals surface area (Å²) in [7, 11) is 1.26. The first kappa shape index (κ1) is 20.6. The molecule has 0 spiro atoms. The Labute approximate surface area is 139 Å². The Morgan fingerprint density at radius 3 is 2.40 bits per heavy atom. The monoisotopic (exact) mass is 368 g/mol. The zero-order chi connectivity index (χ0) is 19.3. The summed E-state index contributed by atoms with van der Waals surface area (Å²) in [4.78, 5) is 26.8. The Hall–Kier alpha value is -2.43. The summed E-state index contributed by atoms with van der Waals surface area (Å²) >= 11 is 0. The van der Waals surface area contributed by atoms with Crippen molar-refractivity contribution in [2.45, 2.75) is 24.8 Å². The molecule has 1 atom stereocenters. The summed E-state index contributed by atoms with van der Waals surface area (Å²) in [6, 6.07) is 2.14. The molecule has 7 nitrogen and oxygen atoms in total. The van der Waals surface area contributed by atoms with Gasteiger partial charge in [-0.1, -0.05) is 0 Å². The van der Waals surface area contributed by atoms with E-state index in [0.717, 1.165) is 18.3 Å². The molecule has 25 heavy (non-hydrogen) atoms. The van der Waals surface area contributed by atoms with Gasteiger partial charge in [-0.25, -0.2) is 18.6 Å². The minimum Gasteiger partial charge on any atom is -0.479 e. The Morgan fingerprint density at radius 2 is 1.96 bits per heavy atom. The van der Waals surface area contributed by atoms with Crippen molar-refractivity contribution in [2.75, 3.05) is 20.3 Å². The van der Waals surface area contributed by atoms with E-state index in [4.69, 9.17) is 9.84 Å². The number of amides is 1. The molecule has 2 N–H and O–H groups in total. The van der Waals surface area contributed by atoms with E-state index in [2.05, 4.69) is 15.0 Å². The third-order valence-electron chi connectivity index (χ3n) is 3.02. The number of aliphatic carboxylic acids is 1. The smallest absolute Gasteiger partial charge is 0.340 e. The number of alkyl halides is 4. The fourth-order valence-electron chi connectivity index (χ4n) is 1.60. The van der Waals surface area contributed by atoms with Crippen LogP contribution in [0.25, 0.3) is 0 Å². The lowest BCUT2D eigenvalue weighted by Crippen LogP contribution is -2.55. The summed E-state index contributed by atoms with van der Waals surface area (Å²) in [5.41, 5.74) is -1.78. The van der Waals surface area contributed by atoms with E-state index in [-0.39, 0.29) is 12.2 Å². The van der Waals surface area contributed by atoms with Crippen molar-refractivity contribution in [1.29, 1.82) is 0 Å². The fourth-order valence-corrected chi connectivity index (χ4v) is 1.60. The Morgan fingerprint density at radius 1 is 1.32 bits per heavy atom. The first-order valence-electron chi connectivity index (χ1n) is 6.81. The molecular weight excluding hydrogens is 352 g/mol. The number of methoxy groups -OCH3 is 1. The highest BCUT2D eigenvalue weighted by atomic mass is 19.3. The van der Waals surface area contributed by atoms with Gasteiger partial charge in [0.15, 0.2) is 12.1 Å². The number of hydrogen-bond donors (Lipinski definition) is 2. The van der Waals surface area contributed by atoms with Gasteiger partial charge in [-0.3, -0.25) is 4.79 Å². The van der Waals surface area contributed by atoms with Crippen molar-refractivity contribution < 1.29 is 41.7 Å². The number of nitrogens with zero attached hydrogens (tertiary/aromatic N) is 1. The number of hydrogen-bond acceptors (Lipinski definition) is 5. The maximum atomic E-state index is 12.7. The lowest BCUT2D eigenvalue weighted by atomic mass is 10.0. The normalized spacial score (nSPS) is 14.0. The van der Waals surface area contributed by atoms with E-state index in [9.17, 15) is 27.2 Å². The van der Waals surface area contributed by atoms with Gasteiger partial charge in [-0.15, -0.1) is 0 Å². The lowest BCUT2D eigenvalue weighted by molar-refractivity contribution is -0.148. The standard InChI is InChI=1S/C14H16F4N2O5/c1-13(6-24-2,12(22)23)20-10(21)8-3-4-9(19-5-8)25-7-14(17,18)11(15)16/h3-5,11H,6-7H2,1-2H3,(H,20,21)(H,22,23). The van der Waals surface area contributed by atoms with Crippen molar-refractivity contribution in [3.05, 3.63) is 23.9 Å². The van der Waals surface area contributed by atoms with Gasteiger partial charge in [-0.05, 0) is 13.0 Å². The average Bonchev–Trinajstić information content (AvgIpc) is 2.53. The van der Waals surface area contributed by atoms with Gasteiger partial charge in [0.25, 0.3) is 5.91 Å². The zero-order valence-electron chi connectivity index (χ0n) is 13.3. The molecule has 0 aromatic carbocycles. The molecule has 1 amide bonds. The summed E-state index contributed by atoms with van der Waals surface area (Å²) in [6.07, 6.45) is -2.95. The number of nitrogens with one attached hydrogen (secondary N) is 1. The van der Waals surface area contributed by atoms with Gasteiger partial charge in [0, 0.05) is 19.4 Å². The minimum absolute atomic E-state index is 0.0865. The molecule has 0 fully saturated rings. The summed E-state index contributed by atoms with van der Waals surface area (Å²) in [5.74, 6) is -6.86. The van der Waals surface area contributed by atoms with Crippen LogP contribution in [0.5, 0.6) is 5.88 Å². The van der Waals surface area contributed by atoms with Crippen LogP contribution in [0.3, 0.4) is 0 Å². The van der Waals surface area contributed by atoms with E-state index < -0.39 is 42.3 Å². The number of aromatic nitrogens is 1. The quantitative estimate of drug-likeness (QED) is 0.643. The number of halogens is 4. The third-order valence-corrected chi connectivity index (χ3v) is 3.02. The van der Waals surface area contributed by atoms with Crippen LogP contribution < -0.4 is 10.1 Å². The Kier molecular flexibility index (Phi) is 6.68. The number of ether oxygens (including phenoxy) is 2. The molecule has 0 aliphatic rings. The van der Waals surface area contributed by atoms with Gasteiger partial charge in [0.1, 0.15) is 0 Å². The van der Waals surface area contributed by atoms with Gasteiger partial charge >= 0.3 is 18.3 Å². The first-order chi connectivity index (χ1) is 11.5. The van der Waals surface area contributed by atoms with E-state index >= 15 is 0 Å². The van der Waals surface area contributed by atoms with E-state index in [1.54, 1.807) is 0 Å². The van der Waals surface area contributed by atoms with Crippen molar-refractivity contribution in [3.63, 3.8) is 0 Å². The molecule has 0 bridgehead atoms. The minimum atomic E-state index is -4.33. The zero-order valence-corrected chi connectivity index (χ0v) is 13.3. The molecule has 0 aliphatic heterocycles. The predicted molar refractivity (Wildman–Crippen MR) is 76.1 cm³/mol. The van der Waals surface area contributed by atoms with Crippen LogP contribution in [-0.2, 0) is 9.53 Å². The number of rotatable bonds is 9. The topological polar surface area (TPSA) is 97.8 Å². The van der Waals surface area contributed by atoms with Crippen LogP contribution in [0.1, 0.15) is 17.3 Å². The molecule has 1 heterocycles. The first-order valence-corrected chi connectivity index (χ1v) is 6.81. The SMILES string of the molecule is COCC(C)(NC(=O)c1ccc(OCC(F)(F)C(F)F)nc1)C(=O)O. The molecule has 140 valence electrons. The molecular formula is C14H16F4N2O5. The summed E-state index contributed by atoms with van der Waals surface area (Å²) < 4.78 is 58.7. The van der Waals surface area contributed by atoms with Crippen molar-refractivity contribution in [1.82, 2.24) is 10.3 Å². The Bertz CT molecular complexity index is 612. The fraction of sp³-hybridized carbons (Fsp3) is 0.500. The van der Waals surface area contributed by atoms with Crippen LogP contribution in [0.15, 0.2) is 18.3 Å². The molecule has 11 heteroatoms. The summed E-state index contributed by atoms with van der Waals surface area (Å²) in [5, 5.41) is 11.4. The number of carboxylic acid groups (broad SMARTS) is 1.